The zero-order valence-corrected chi connectivity index (χ0v) is 18.3. The first-order valence-corrected chi connectivity index (χ1v) is 11.9. The molecule has 158 valence electrons. The van der Waals surface area contributed by atoms with Gasteiger partial charge in [0.15, 0.2) is 0 Å². The van der Waals surface area contributed by atoms with Crippen molar-refractivity contribution in [3.05, 3.63) is 81.4 Å². The van der Waals surface area contributed by atoms with Crippen LogP contribution in [0, 0.1) is 5.82 Å². The second-order valence-electron chi connectivity index (χ2n) is 6.77. The molecule has 1 aliphatic heterocycles. The van der Waals surface area contributed by atoms with Crippen LogP contribution in [0.2, 0.25) is 4.34 Å². The number of hydrogen-bond donors (Lipinski definition) is 0. The number of ether oxygens (including phenoxy) is 2. The number of hydrogen-bond acceptors (Lipinski definition) is 5. The minimum atomic E-state index is -3.66. The second-order valence-corrected chi connectivity index (χ2v) is 10.7. The van der Waals surface area contributed by atoms with Crippen LogP contribution >= 0.6 is 22.9 Å². The molecular formula is C21H19ClFNO4S2. The Morgan fingerprint density at radius 1 is 1.13 bits per heavy atom. The molecule has 0 saturated carbocycles. The standard InChI is InChI=1S/C21H19ClFNO4S2/c22-20-7-8-21(29-20)30(25,26)24-9-10-28-19-6-5-15(11-17(19)12-24)13-27-14-16-3-1-2-4-18(16)23/h1-8,11H,9-10,12-14H2. The maximum absolute atomic E-state index is 13.7. The molecule has 0 aliphatic carbocycles. The summed E-state index contributed by atoms with van der Waals surface area (Å²) in [6, 6.07) is 15.1. The predicted molar refractivity (Wildman–Crippen MR) is 114 cm³/mol. The summed E-state index contributed by atoms with van der Waals surface area (Å²) in [5.41, 5.74) is 2.10. The van der Waals surface area contributed by atoms with Crippen LogP contribution in [0.25, 0.3) is 0 Å². The Kier molecular flexibility index (Phi) is 6.40. The van der Waals surface area contributed by atoms with E-state index in [4.69, 9.17) is 21.1 Å². The zero-order valence-electron chi connectivity index (χ0n) is 15.9. The summed E-state index contributed by atoms with van der Waals surface area (Å²) in [7, 11) is -3.66. The highest BCUT2D eigenvalue weighted by Gasteiger charge is 2.29. The molecule has 0 N–H and O–H groups in total. The molecule has 0 saturated heterocycles. The van der Waals surface area contributed by atoms with E-state index >= 15 is 0 Å². The predicted octanol–water partition coefficient (Wildman–Crippen LogP) is 4.84. The molecule has 0 fully saturated rings. The number of benzene rings is 2. The Hall–Kier alpha value is -1.97. The van der Waals surface area contributed by atoms with Crippen molar-refractivity contribution in [2.24, 2.45) is 0 Å². The van der Waals surface area contributed by atoms with Crippen molar-refractivity contribution in [3.63, 3.8) is 0 Å². The fourth-order valence-electron chi connectivity index (χ4n) is 3.18. The van der Waals surface area contributed by atoms with Crippen LogP contribution in [0.4, 0.5) is 4.39 Å². The Balaban J connectivity index is 1.48. The Labute approximate surface area is 183 Å². The topological polar surface area (TPSA) is 55.8 Å². The second kappa shape index (κ2) is 9.03. The molecule has 0 atom stereocenters. The van der Waals surface area contributed by atoms with Crippen LogP contribution in [0.5, 0.6) is 5.75 Å². The van der Waals surface area contributed by atoms with E-state index in [9.17, 15) is 12.8 Å². The molecule has 2 aromatic carbocycles. The van der Waals surface area contributed by atoms with Gasteiger partial charge in [0.1, 0.15) is 22.4 Å². The minimum Gasteiger partial charge on any atom is -0.492 e. The third-order valence-electron chi connectivity index (χ3n) is 4.70. The van der Waals surface area contributed by atoms with Crippen LogP contribution in [0.1, 0.15) is 16.7 Å². The molecule has 2 heterocycles. The number of nitrogens with zero attached hydrogens (tertiary/aromatic N) is 1. The molecule has 5 nitrogen and oxygen atoms in total. The molecule has 1 aliphatic rings. The van der Waals surface area contributed by atoms with Gasteiger partial charge >= 0.3 is 0 Å². The normalized spacial score (nSPS) is 14.7. The van der Waals surface area contributed by atoms with E-state index in [0.29, 0.717) is 15.6 Å². The third kappa shape index (κ3) is 4.68. The van der Waals surface area contributed by atoms with Gasteiger partial charge in [-0.15, -0.1) is 11.3 Å². The van der Waals surface area contributed by atoms with E-state index in [1.54, 1.807) is 24.3 Å². The highest BCUT2D eigenvalue weighted by molar-refractivity contribution is 7.91. The molecule has 0 radical (unpaired) electrons. The fraction of sp³-hybridized carbons (Fsp3) is 0.238. The van der Waals surface area contributed by atoms with Gasteiger partial charge in [-0.05, 0) is 35.9 Å². The lowest BCUT2D eigenvalue weighted by Gasteiger charge is -2.18. The highest BCUT2D eigenvalue weighted by Crippen LogP contribution is 2.32. The van der Waals surface area contributed by atoms with Gasteiger partial charge < -0.3 is 9.47 Å². The molecule has 9 heteroatoms. The molecule has 3 aromatic rings. The van der Waals surface area contributed by atoms with Gasteiger partial charge in [0.2, 0.25) is 0 Å². The third-order valence-corrected chi connectivity index (χ3v) is 8.24. The first-order chi connectivity index (χ1) is 14.4. The van der Waals surface area contributed by atoms with E-state index in [0.717, 1.165) is 22.5 Å². The summed E-state index contributed by atoms with van der Waals surface area (Å²) in [5.74, 6) is 0.345. The lowest BCUT2D eigenvalue weighted by atomic mass is 10.1. The Bertz CT molecular complexity index is 1150. The maximum Gasteiger partial charge on any atom is 0.253 e. The fourth-order valence-corrected chi connectivity index (χ4v) is 6.22. The van der Waals surface area contributed by atoms with Gasteiger partial charge in [0.05, 0.1) is 17.6 Å². The molecule has 1 aromatic heterocycles. The quantitative estimate of drug-likeness (QED) is 0.520. The van der Waals surface area contributed by atoms with Gasteiger partial charge in [-0.1, -0.05) is 35.9 Å². The van der Waals surface area contributed by atoms with Crippen molar-refractivity contribution in [3.8, 4) is 5.75 Å². The average Bonchev–Trinajstić information content (AvgIpc) is 3.05. The van der Waals surface area contributed by atoms with Gasteiger partial charge in [-0.25, -0.2) is 12.8 Å². The van der Waals surface area contributed by atoms with Crippen molar-refractivity contribution >= 4 is 33.0 Å². The van der Waals surface area contributed by atoms with E-state index in [1.165, 1.54) is 16.4 Å². The number of rotatable bonds is 6. The average molecular weight is 468 g/mol. The van der Waals surface area contributed by atoms with Crippen molar-refractivity contribution in [2.75, 3.05) is 13.2 Å². The monoisotopic (exact) mass is 467 g/mol. The molecule has 0 unspecified atom stereocenters. The summed E-state index contributed by atoms with van der Waals surface area (Å²) < 4.78 is 53.1. The van der Waals surface area contributed by atoms with Crippen molar-refractivity contribution < 1.29 is 22.3 Å². The molecule has 0 spiro atoms. The minimum absolute atomic E-state index is 0.153. The molecule has 0 bridgehead atoms. The first kappa shape index (κ1) is 21.3. The van der Waals surface area contributed by atoms with Gasteiger partial charge in [-0.3, -0.25) is 0 Å². The van der Waals surface area contributed by atoms with E-state index in [1.807, 2.05) is 18.2 Å². The van der Waals surface area contributed by atoms with Crippen LogP contribution in [-0.2, 0) is 34.5 Å². The van der Waals surface area contributed by atoms with Crippen molar-refractivity contribution in [1.29, 1.82) is 0 Å². The largest absolute Gasteiger partial charge is 0.492 e. The smallest absolute Gasteiger partial charge is 0.253 e. The van der Waals surface area contributed by atoms with Crippen molar-refractivity contribution in [1.82, 2.24) is 4.31 Å². The van der Waals surface area contributed by atoms with Crippen LogP contribution in [-0.4, -0.2) is 25.9 Å². The molecule has 30 heavy (non-hydrogen) atoms. The van der Waals surface area contributed by atoms with Gasteiger partial charge in [0, 0.05) is 24.2 Å². The zero-order chi connectivity index (χ0) is 21.1. The van der Waals surface area contributed by atoms with Gasteiger partial charge in [-0.2, -0.15) is 4.31 Å². The first-order valence-electron chi connectivity index (χ1n) is 9.25. The number of thiophene rings is 1. The molecule has 0 amide bonds. The molecular weight excluding hydrogens is 449 g/mol. The van der Waals surface area contributed by atoms with Crippen LogP contribution < -0.4 is 4.74 Å². The van der Waals surface area contributed by atoms with Crippen molar-refractivity contribution in [2.45, 2.75) is 24.0 Å². The summed E-state index contributed by atoms with van der Waals surface area (Å²) >= 11 is 6.95. The maximum atomic E-state index is 13.7. The summed E-state index contributed by atoms with van der Waals surface area (Å²) in [6.45, 7) is 1.11. The number of sulfonamides is 1. The summed E-state index contributed by atoms with van der Waals surface area (Å²) in [6.07, 6.45) is 0. The number of halogens is 2. The lowest BCUT2D eigenvalue weighted by Crippen LogP contribution is -2.32. The van der Waals surface area contributed by atoms with Crippen LogP contribution in [0.3, 0.4) is 0 Å². The lowest BCUT2D eigenvalue weighted by molar-refractivity contribution is 0.105. The Morgan fingerprint density at radius 3 is 2.73 bits per heavy atom. The van der Waals surface area contributed by atoms with E-state index in [-0.39, 0.29) is 42.9 Å². The van der Waals surface area contributed by atoms with E-state index in [2.05, 4.69) is 0 Å². The molecule has 4 rings (SSSR count). The SMILES string of the molecule is O=S(=O)(c1ccc(Cl)s1)N1CCOc2ccc(COCc3ccccc3F)cc2C1. The summed E-state index contributed by atoms with van der Waals surface area (Å²) in [5, 5.41) is 0. The summed E-state index contributed by atoms with van der Waals surface area (Å²) in [4.78, 5) is 0. The number of fused-ring (bicyclic) bond motifs is 1. The van der Waals surface area contributed by atoms with Gasteiger partial charge in [0.25, 0.3) is 10.0 Å². The van der Waals surface area contributed by atoms with E-state index < -0.39 is 10.0 Å². The van der Waals surface area contributed by atoms with Crippen LogP contribution in [0.15, 0.2) is 58.8 Å². The highest BCUT2D eigenvalue weighted by atomic mass is 35.5. The Morgan fingerprint density at radius 2 is 1.97 bits per heavy atom.